The highest BCUT2D eigenvalue weighted by atomic mass is 16.3. The molecule has 0 aliphatic carbocycles. The molecule has 3 aromatic carbocycles. The molecular weight excluding hydrogens is 392 g/mol. The number of hydrogen-bond acceptors (Lipinski definition) is 4. The van der Waals surface area contributed by atoms with E-state index in [1.807, 2.05) is 30.6 Å². The molecule has 0 saturated carbocycles. The normalized spacial score (nSPS) is 11.9. The average Bonchev–Trinajstić information content (AvgIpc) is 3.19. The number of fused-ring (bicyclic) bond motifs is 3. The maximum atomic E-state index is 12.7. The second-order valence-corrected chi connectivity index (χ2v) is 7.76. The molecule has 6 aromatic rings. The van der Waals surface area contributed by atoms with Gasteiger partial charge in [0.1, 0.15) is 16.9 Å². The molecule has 0 unspecified atom stereocenters. The lowest BCUT2D eigenvalue weighted by Gasteiger charge is -2.15. The summed E-state index contributed by atoms with van der Waals surface area (Å²) in [6.45, 7) is 0.481. The number of hydrogen-bond donors (Lipinski definition) is 3. The molecule has 3 aromatic heterocycles. The Balaban J connectivity index is 1.58. The molecule has 0 saturated heterocycles. The number of nitrogens with zero attached hydrogens (tertiary/aromatic N) is 1. The summed E-state index contributed by atoms with van der Waals surface area (Å²) < 4.78 is 7.65. The molecule has 152 valence electrons. The SMILES string of the molecule is O=c1ccc2oc3ccc(O)cc3c3cn(CCc4c[nH]c5ccccc45)c(O)c1c23. The molecule has 6 heteroatoms. The molecule has 0 aliphatic heterocycles. The standard InChI is InChI=1S/C25H18N2O4/c28-15-5-7-21-17(11-15)18-13-27(10-9-14-12-26-19-4-2-1-3-16(14)19)25(30)24-20(29)6-8-22(31-21)23(18)24/h1-8,11-13,26,28,30H,9-10H2. The smallest absolute Gasteiger partial charge is 0.203 e. The molecule has 0 atom stereocenters. The maximum absolute atomic E-state index is 12.7. The number of aryl methyl sites for hydroxylation is 2. The predicted octanol–water partition coefficient (Wildman–Crippen LogP) is 5.04. The third kappa shape index (κ3) is 2.61. The number of aromatic hydroxyl groups is 2. The van der Waals surface area contributed by atoms with E-state index >= 15 is 0 Å². The van der Waals surface area contributed by atoms with Gasteiger partial charge in [-0.1, -0.05) is 18.2 Å². The van der Waals surface area contributed by atoms with Gasteiger partial charge in [0.2, 0.25) is 5.88 Å². The number of H-pyrrole nitrogens is 1. The van der Waals surface area contributed by atoms with Crippen LogP contribution in [0.3, 0.4) is 0 Å². The Bertz CT molecular complexity index is 1690. The first-order valence-electron chi connectivity index (χ1n) is 10.1. The lowest BCUT2D eigenvalue weighted by Crippen LogP contribution is -2.08. The Morgan fingerprint density at radius 1 is 0.903 bits per heavy atom. The van der Waals surface area contributed by atoms with Crippen molar-refractivity contribution in [3.8, 4) is 11.6 Å². The fourth-order valence-electron chi connectivity index (χ4n) is 4.45. The average molecular weight is 410 g/mol. The third-order valence-electron chi connectivity index (χ3n) is 5.95. The van der Waals surface area contributed by atoms with Gasteiger partial charge in [0.05, 0.1) is 5.39 Å². The molecular formula is C25H18N2O4. The van der Waals surface area contributed by atoms with Crippen molar-refractivity contribution in [1.82, 2.24) is 9.55 Å². The summed E-state index contributed by atoms with van der Waals surface area (Å²) in [6, 6.07) is 16.0. The first-order chi connectivity index (χ1) is 15.1. The number of aromatic amines is 1. The van der Waals surface area contributed by atoms with Crippen molar-refractivity contribution >= 4 is 43.6 Å². The number of para-hydroxylation sites is 1. The lowest BCUT2D eigenvalue weighted by atomic mass is 10.0. The van der Waals surface area contributed by atoms with E-state index in [9.17, 15) is 15.0 Å². The quantitative estimate of drug-likeness (QED) is 0.282. The van der Waals surface area contributed by atoms with E-state index in [2.05, 4.69) is 11.1 Å². The summed E-state index contributed by atoms with van der Waals surface area (Å²) in [5.74, 6) is 0.0216. The molecule has 0 amide bonds. The van der Waals surface area contributed by atoms with Gasteiger partial charge in [-0.2, -0.15) is 0 Å². The monoisotopic (exact) mass is 410 g/mol. The van der Waals surface area contributed by atoms with Crippen molar-refractivity contribution in [3.05, 3.63) is 82.8 Å². The fraction of sp³-hybridized carbons (Fsp3) is 0.0800. The van der Waals surface area contributed by atoms with Crippen molar-refractivity contribution in [1.29, 1.82) is 0 Å². The molecule has 3 N–H and O–H groups in total. The van der Waals surface area contributed by atoms with Crippen LogP contribution in [0, 0.1) is 0 Å². The van der Waals surface area contributed by atoms with Crippen LogP contribution in [0.4, 0.5) is 0 Å². The second-order valence-electron chi connectivity index (χ2n) is 7.76. The molecule has 0 radical (unpaired) electrons. The van der Waals surface area contributed by atoms with E-state index in [1.54, 1.807) is 28.8 Å². The molecule has 0 fully saturated rings. The van der Waals surface area contributed by atoms with Crippen LogP contribution in [0.5, 0.6) is 11.6 Å². The first kappa shape index (κ1) is 17.7. The van der Waals surface area contributed by atoms with Crippen molar-refractivity contribution in [2.24, 2.45) is 0 Å². The highest BCUT2D eigenvalue weighted by molar-refractivity contribution is 6.18. The molecule has 6 nitrogen and oxygen atoms in total. The van der Waals surface area contributed by atoms with Crippen LogP contribution in [0.1, 0.15) is 5.56 Å². The zero-order valence-corrected chi connectivity index (χ0v) is 16.4. The minimum absolute atomic E-state index is 0.0855. The largest absolute Gasteiger partial charge is 0.508 e. The van der Waals surface area contributed by atoms with Crippen LogP contribution in [-0.2, 0) is 13.0 Å². The van der Waals surface area contributed by atoms with E-state index < -0.39 is 0 Å². The van der Waals surface area contributed by atoms with Gasteiger partial charge >= 0.3 is 0 Å². The van der Waals surface area contributed by atoms with Crippen LogP contribution < -0.4 is 5.43 Å². The molecule has 3 heterocycles. The molecule has 0 aliphatic rings. The van der Waals surface area contributed by atoms with Gasteiger partial charge in [0.15, 0.2) is 5.43 Å². The number of phenols is 1. The van der Waals surface area contributed by atoms with Gasteiger partial charge in [-0.3, -0.25) is 4.79 Å². The maximum Gasteiger partial charge on any atom is 0.203 e. The molecule has 0 spiro atoms. The Hall–Kier alpha value is -4.19. The van der Waals surface area contributed by atoms with E-state index in [4.69, 9.17) is 4.42 Å². The van der Waals surface area contributed by atoms with E-state index in [1.165, 1.54) is 6.07 Å². The lowest BCUT2D eigenvalue weighted by molar-refractivity contribution is 0.419. The number of benzene rings is 3. The van der Waals surface area contributed by atoms with Crippen LogP contribution in [0.2, 0.25) is 0 Å². The topological polar surface area (TPSA) is 91.4 Å². The highest BCUT2D eigenvalue weighted by Crippen LogP contribution is 2.37. The fourth-order valence-corrected chi connectivity index (χ4v) is 4.45. The zero-order chi connectivity index (χ0) is 21.1. The number of nitrogens with one attached hydrogen (secondary N) is 1. The van der Waals surface area contributed by atoms with Crippen LogP contribution in [0.15, 0.2) is 76.2 Å². The second kappa shape index (κ2) is 6.40. The van der Waals surface area contributed by atoms with E-state index in [-0.39, 0.29) is 22.4 Å². The summed E-state index contributed by atoms with van der Waals surface area (Å²) in [5, 5.41) is 24.4. The minimum Gasteiger partial charge on any atom is -0.508 e. The number of rotatable bonds is 3. The van der Waals surface area contributed by atoms with Gasteiger partial charge in [-0.15, -0.1) is 0 Å². The first-order valence-corrected chi connectivity index (χ1v) is 10.1. The Labute approximate surface area is 175 Å². The summed E-state index contributed by atoms with van der Waals surface area (Å²) in [7, 11) is 0. The third-order valence-corrected chi connectivity index (χ3v) is 5.95. The summed E-state index contributed by atoms with van der Waals surface area (Å²) >= 11 is 0. The van der Waals surface area contributed by atoms with Crippen LogP contribution in [-0.4, -0.2) is 19.8 Å². The van der Waals surface area contributed by atoms with Crippen LogP contribution in [0.25, 0.3) is 43.6 Å². The Morgan fingerprint density at radius 2 is 1.74 bits per heavy atom. The molecule has 6 rings (SSSR count). The van der Waals surface area contributed by atoms with E-state index in [0.29, 0.717) is 34.9 Å². The highest BCUT2D eigenvalue weighted by Gasteiger charge is 2.18. The van der Waals surface area contributed by atoms with Gasteiger partial charge in [-0.05, 0) is 48.4 Å². The Kier molecular flexibility index (Phi) is 3.65. The summed E-state index contributed by atoms with van der Waals surface area (Å²) in [6.07, 6.45) is 4.48. The van der Waals surface area contributed by atoms with Crippen molar-refractivity contribution in [3.63, 3.8) is 0 Å². The van der Waals surface area contributed by atoms with Crippen molar-refractivity contribution < 1.29 is 14.6 Å². The van der Waals surface area contributed by atoms with Crippen LogP contribution >= 0.6 is 0 Å². The van der Waals surface area contributed by atoms with Gasteiger partial charge in [-0.25, -0.2) is 0 Å². The zero-order valence-electron chi connectivity index (χ0n) is 16.4. The van der Waals surface area contributed by atoms with Gasteiger partial charge in [0, 0.05) is 46.0 Å². The van der Waals surface area contributed by atoms with Crippen molar-refractivity contribution in [2.75, 3.05) is 0 Å². The molecule has 0 bridgehead atoms. The van der Waals surface area contributed by atoms with Gasteiger partial charge in [0.25, 0.3) is 0 Å². The number of phenolic OH excluding ortho intramolecular Hbond substituents is 1. The number of aromatic nitrogens is 2. The van der Waals surface area contributed by atoms with Crippen molar-refractivity contribution in [2.45, 2.75) is 13.0 Å². The van der Waals surface area contributed by atoms with Gasteiger partial charge < -0.3 is 24.2 Å². The predicted molar refractivity (Wildman–Crippen MR) is 121 cm³/mol. The molecule has 31 heavy (non-hydrogen) atoms. The minimum atomic E-state index is -0.272. The Morgan fingerprint density at radius 3 is 2.65 bits per heavy atom. The van der Waals surface area contributed by atoms with E-state index in [0.717, 1.165) is 21.9 Å². The number of pyridine rings is 1. The summed E-state index contributed by atoms with van der Waals surface area (Å²) in [4.78, 5) is 16.0. The summed E-state index contributed by atoms with van der Waals surface area (Å²) in [5.41, 5.74) is 3.04.